The number of nitrogens with one attached hydrogen (secondary N) is 1. The van der Waals surface area contributed by atoms with Crippen LogP contribution in [0.15, 0.2) is 0 Å². The van der Waals surface area contributed by atoms with Crippen LogP contribution in [0.5, 0.6) is 0 Å². The van der Waals surface area contributed by atoms with E-state index in [2.05, 4.69) is 26.1 Å². The van der Waals surface area contributed by atoms with Gasteiger partial charge in [-0.25, -0.2) is 0 Å². The summed E-state index contributed by atoms with van der Waals surface area (Å²) in [4.78, 5) is 25.5. The maximum Gasteiger partial charge on any atom is 0.240 e. The molecule has 112 valence electrons. The molecule has 0 bridgehead atoms. The van der Waals surface area contributed by atoms with Gasteiger partial charge >= 0.3 is 0 Å². The van der Waals surface area contributed by atoms with Crippen LogP contribution in [-0.2, 0) is 9.59 Å². The third-order valence-electron chi connectivity index (χ3n) is 2.21. The molecule has 0 atom stereocenters. The molecule has 0 radical (unpaired) electrons. The summed E-state index contributed by atoms with van der Waals surface area (Å²) in [6.07, 6.45) is 0. The Bertz CT molecular complexity index is 316. The van der Waals surface area contributed by atoms with Crippen LogP contribution in [0, 0.1) is 0 Å². The van der Waals surface area contributed by atoms with E-state index in [0.717, 1.165) is 0 Å². The quantitative estimate of drug-likeness (QED) is 0.844. The van der Waals surface area contributed by atoms with E-state index >= 15 is 0 Å². The molecule has 0 spiro atoms. The maximum atomic E-state index is 12.0. The fourth-order valence-electron chi connectivity index (χ4n) is 1.38. The number of thioether (sulfide) groups is 1. The first-order chi connectivity index (χ1) is 8.44. The summed E-state index contributed by atoms with van der Waals surface area (Å²) in [7, 11) is 0. The van der Waals surface area contributed by atoms with Gasteiger partial charge in [0.15, 0.2) is 0 Å². The van der Waals surface area contributed by atoms with Gasteiger partial charge in [-0.1, -0.05) is 20.8 Å². The van der Waals surface area contributed by atoms with Crippen molar-refractivity contribution in [1.82, 2.24) is 10.2 Å². The Morgan fingerprint density at radius 1 is 1.11 bits per heavy atom. The van der Waals surface area contributed by atoms with Crippen LogP contribution < -0.4 is 5.32 Å². The summed E-state index contributed by atoms with van der Waals surface area (Å²) >= 11 is 1.60. The lowest BCUT2D eigenvalue weighted by molar-refractivity contribution is -0.134. The first-order valence-corrected chi connectivity index (χ1v) is 7.66. The Balaban J connectivity index is 4.34. The van der Waals surface area contributed by atoms with Crippen LogP contribution >= 0.6 is 11.8 Å². The second-order valence-corrected chi connectivity index (χ2v) is 8.41. The van der Waals surface area contributed by atoms with Crippen molar-refractivity contribution in [2.75, 3.05) is 18.8 Å². The number of carbonyl (C=O) groups excluding carboxylic acids is 2. The van der Waals surface area contributed by atoms with Gasteiger partial charge < -0.3 is 10.2 Å². The zero-order valence-corrected chi connectivity index (χ0v) is 14.1. The van der Waals surface area contributed by atoms with Crippen LogP contribution in [0.1, 0.15) is 48.5 Å². The van der Waals surface area contributed by atoms with E-state index in [9.17, 15) is 9.59 Å². The minimum atomic E-state index is -0.264. The van der Waals surface area contributed by atoms with Crippen molar-refractivity contribution in [3.05, 3.63) is 0 Å². The van der Waals surface area contributed by atoms with E-state index < -0.39 is 0 Å². The Kier molecular flexibility index (Phi) is 6.91. The number of rotatable bonds is 5. The molecule has 0 aromatic carbocycles. The van der Waals surface area contributed by atoms with Gasteiger partial charge in [-0.15, -0.1) is 11.8 Å². The normalized spacial score (nSPS) is 12.2. The number of amides is 2. The standard InChI is InChI=1S/C14H28N2O2S/c1-8-16(9-11(17)15-13(2,3)4)12(18)10-19-14(5,6)7/h8-10H2,1-7H3,(H,15,17). The molecular weight excluding hydrogens is 260 g/mol. The first-order valence-electron chi connectivity index (χ1n) is 6.67. The van der Waals surface area contributed by atoms with Gasteiger partial charge in [-0.3, -0.25) is 9.59 Å². The van der Waals surface area contributed by atoms with Crippen LogP contribution in [0.25, 0.3) is 0 Å². The van der Waals surface area contributed by atoms with Crippen LogP contribution in [0.4, 0.5) is 0 Å². The third-order valence-corrected chi connectivity index (χ3v) is 3.47. The summed E-state index contributed by atoms with van der Waals surface area (Å²) in [6.45, 7) is 14.6. The molecule has 4 nitrogen and oxygen atoms in total. The van der Waals surface area contributed by atoms with Crippen molar-refractivity contribution < 1.29 is 9.59 Å². The minimum absolute atomic E-state index is 0.0199. The molecule has 0 aliphatic rings. The highest BCUT2D eigenvalue weighted by molar-refractivity contribution is 8.01. The van der Waals surface area contributed by atoms with E-state index in [4.69, 9.17) is 0 Å². The van der Waals surface area contributed by atoms with Crippen molar-refractivity contribution in [2.45, 2.75) is 58.8 Å². The molecule has 0 aromatic rings. The fraction of sp³-hybridized carbons (Fsp3) is 0.857. The molecule has 2 amide bonds. The van der Waals surface area contributed by atoms with Crippen molar-refractivity contribution in [3.8, 4) is 0 Å². The lowest BCUT2D eigenvalue weighted by atomic mass is 10.1. The van der Waals surface area contributed by atoms with Gasteiger partial charge in [0.2, 0.25) is 11.8 Å². The van der Waals surface area contributed by atoms with Gasteiger partial charge in [-0.05, 0) is 27.7 Å². The molecule has 0 unspecified atom stereocenters. The molecule has 0 saturated heterocycles. The molecule has 0 heterocycles. The molecule has 5 heteroatoms. The largest absolute Gasteiger partial charge is 0.350 e. The van der Waals surface area contributed by atoms with Crippen LogP contribution in [0.3, 0.4) is 0 Å². The molecule has 0 fully saturated rings. The third kappa shape index (κ3) is 9.82. The molecule has 0 aliphatic heterocycles. The summed E-state index contributed by atoms with van der Waals surface area (Å²) in [5.41, 5.74) is -0.264. The van der Waals surface area contributed by atoms with E-state index in [1.165, 1.54) is 0 Å². The van der Waals surface area contributed by atoms with E-state index in [1.54, 1.807) is 16.7 Å². The van der Waals surface area contributed by atoms with Crippen LogP contribution in [0.2, 0.25) is 0 Å². The van der Waals surface area contributed by atoms with Gasteiger partial charge in [-0.2, -0.15) is 0 Å². The topological polar surface area (TPSA) is 49.4 Å². The number of nitrogens with zero attached hydrogens (tertiary/aromatic N) is 1. The Morgan fingerprint density at radius 3 is 2.00 bits per heavy atom. The fourth-order valence-corrected chi connectivity index (χ4v) is 2.12. The zero-order valence-electron chi connectivity index (χ0n) is 13.3. The second kappa shape index (κ2) is 7.17. The lowest BCUT2D eigenvalue weighted by Crippen LogP contribution is -2.47. The first kappa shape index (κ1) is 18.3. The van der Waals surface area contributed by atoms with Gasteiger partial charge in [0.25, 0.3) is 0 Å². The minimum Gasteiger partial charge on any atom is -0.350 e. The number of hydrogen-bond donors (Lipinski definition) is 1. The number of carbonyl (C=O) groups is 2. The Labute approximate surface area is 121 Å². The molecule has 0 aromatic heterocycles. The van der Waals surface area contributed by atoms with E-state index in [0.29, 0.717) is 12.3 Å². The summed E-state index contributed by atoms with van der Waals surface area (Å²) in [5, 5.41) is 2.87. The predicted octanol–water partition coefficient (Wildman–Crippen LogP) is 2.28. The van der Waals surface area contributed by atoms with Gasteiger partial charge in [0.1, 0.15) is 0 Å². The van der Waals surface area contributed by atoms with Gasteiger partial charge in [0, 0.05) is 16.8 Å². The Morgan fingerprint density at radius 2 is 1.63 bits per heavy atom. The smallest absolute Gasteiger partial charge is 0.240 e. The highest BCUT2D eigenvalue weighted by Crippen LogP contribution is 2.23. The zero-order chi connectivity index (χ0) is 15.3. The molecule has 19 heavy (non-hydrogen) atoms. The van der Waals surface area contributed by atoms with Crippen LogP contribution in [-0.4, -0.2) is 45.8 Å². The van der Waals surface area contributed by atoms with Crippen molar-refractivity contribution in [1.29, 1.82) is 0 Å². The highest BCUT2D eigenvalue weighted by Gasteiger charge is 2.21. The summed E-state index contributed by atoms with van der Waals surface area (Å²) in [6, 6.07) is 0. The molecule has 0 saturated carbocycles. The molecule has 1 N–H and O–H groups in total. The van der Waals surface area contributed by atoms with Gasteiger partial charge in [0.05, 0.1) is 12.3 Å². The molecule has 0 aliphatic carbocycles. The second-order valence-electron chi connectivity index (χ2n) is 6.61. The predicted molar refractivity (Wildman–Crippen MR) is 82.4 cm³/mol. The number of hydrogen-bond acceptors (Lipinski definition) is 3. The number of likely N-dealkylation sites (N-methyl/N-ethyl adjacent to an activating group) is 1. The summed E-state index contributed by atoms with van der Waals surface area (Å²) < 4.78 is 0.0583. The SMILES string of the molecule is CCN(CC(=O)NC(C)(C)C)C(=O)CSC(C)(C)C. The highest BCUT2D eigenvalue weighted by atomic mass is 32.2. The van der Waals surface area contributed by atoms with Crippen molar-refractivity contribution >= 4 is 23.6 Å². The maximum absolute atomic E-state index is 12.0. The lowest BCUT2D eigenvalue weighted by Gasteiger charge is -2.26. The average molecular weight is 288 g/mol. The van der Waals surface area contributed by atoms with Crippen molar-refractivity contribution in [2.24, 2.45) is 0 Å². The molecular formula is C14H28N2O2S. The van der Waals surface area contributed by atoms with Crippen molar-refractivity contribution in [3.63, 3.8) is 0 Å². The average Bonchev–Trinajstić information content (AvgIpc) is 2.18. The Hall–Kier alpha value is -0.710. The summed E-state index contributed by atoms with van der Waals surface area (Å²) in [5.74, 6) is 0.329. The van der Waals surface area contributed by atoms with E-state index in [1.807, 2.05) is 27.7 Å². The molecule has 0 rings (SSSR count). The monoisotopic (exact) mass is 288 g/mol. The van der Waals surface area contributed by atoms with E-state index in [-0.39, 0.29) is 28.6 Å².